The first-order chi connectivity index (χ1) is 22.2. The number of nitrogens with one attached hydrogen (secondary N) is 2. The highest BCUT2D eigenvalue weighted by molar-refractivity contribution is 5.98. The summed E-state index contributed by atoms with van der Waals surface area (Å²) in [4.78, 5) is 48.9. The van der Waals surface area contributed by atoms with E-state index in [1.807, 2.05) is 106 Å². The van der Waals surface area contributed by atoms with Crippen LogP contribution in [0.15, 0.2) is 122 Å². The Labute approximate surface area is 268 Å². The van der Waals surface area contributed by atoms with E-state index in [2.05, 4.69) is 20.6 Å². The molecular formula is C37H37N5O4. The number of amides is 2. The maximum atomic E-state index is 14.0. The molecule has 0 unspecified atom stereocenters. The van der Waals surface area contributed by atoms with Gasteiger partial charge in [0.2, 0.25) is 11.8 Å². The minimum atomic E-state index is -0.969. The Balaban J connectivity index is 1.38. The summed E-state index contributed by atoms with van der Waals surface area (Å²) in [7, 11) is 0. The van der Waals surface area contributed by atoms with Crippen LogP contribution in [0.1, 0.15) is 38.8 Å². The molecule has 0 aliphatic carbocycles. The highest BCUT2D eigenvalue weighted by Crippen LogP contribution is 2.27. The normalized spacial score (nSPS) is 12.5. The average molecular weight is 616 g/mol. The molecule has 2 N–H and O–H groups in total. The summed E-state index contributed by atoms with van der Waals surface area (Å²) < 4.78 is 7.25. The van der Waals surface area contributed by atoms with Gasteiger partial charge in [0, 0.05) is 42.2 Å². The lowest BCUT2D eigenvalue weighted by molar-refractivity contribution is -0.148. The molecule has 0 radical (unpaired) electrons. The number of ether oxygens (including phenoxy) is 1. The van der Waals surface area contributed by atoms with E-state index in [0.29, 0.717) is 5.69 Å². The molecular weight excluding hydrogens is 578 g/mol. The number of benzene rings is 2. The van der Waals surface area contributed by atoms with Crippen molar-refractivity contribution in [3.63, 3.8) is 0 Å². The van der Waals surface area contributed by atoms with Crippen LogP contribution in [0.5, 0.6) is 0 Å². The third kappa shape index (κ3) is 8.32. The van der Waals surface area contributed by atoms with E-state index < -0.39 is 29.4 Å². The van der Waals surface area contributed by atoms with E-state index in [4.69, 9.17) is 4.74 Å². The molecule has 5 rings (SSSR count). The number of nitrogens with zero attached hydrogens (tertiary/aromatic N) is 3. The van der Waals surface area contributed by atoms with Crippen molar-refractivity contribution in [1.82, 2.24) is 19.9 Å². The fourth-order valence-corrected chi connectivity index (χ4v) is 5.00. The third-order valence-electron chi connectivity index (χ3n) is 7.52. The lowest BCUT2D eigenvalue weighted by Gasteiger charge is -2.32. The maximum Gasteiger partial charge on any atom is 0.308 e. The summed E-state index contributed by atoms with van der Waals surface area (Å²) in [6, 6.07) is 26.5. The van der Waals surface area contributed by atoms with Crippen LogP contribution in [0, 0.1) is 5.41 Å². The topological polar surface area (TPSA) is 115 Å². The van der Waals surface area contributed by atoms with Gasteiger partial charge in [-0.1, -0.05) is 81.4 Å². The number of pyridine rings is 2. The van der Waals surface area contributed by atoms with Crippen molar-refractivity contribution in [2.45, 2.75) is 45.9 Å². The first-order valence-corrected chi connectivity index (χ1v) is 15.1. The molecule has 3 heterocycles. The quantitative estimate of drug-likeness (QED) is 0.165. The number of anilines is 1. The Morgan fingerprint density at radius 1 is 0.783 bits per heavy atom. The number of hydrogen-bond acceptors (Lipinski definition) is 6. The molecule has 0 saturated heterocycles. The van der Waals surface area contributed by atoms with Gasteiger partial charge in [-0.2, -0.15) is 0 Å². The summed E-state index contributed by atoms with van der Waals surface area (Å²) in [5.74, 6) is -1.39. The number of esters is 1. The van der Waals surface area contributed by atoms with Gasteiger partial charge in [-0.3, -0.25) is 24.4 Å². The minimum Gasteiger partial charge on any atom is -0.461 e. The molecule has 2 aromatic carbocycles. The van der Waals surface area contributed by atoms with Gasteiger partial charge in [0.1, 0.15) is 18.7 Å². The lowest BCUT2D eigenvalue weighted by Crippen LogP contribution is -2.53. The van der Waals surface area contributed by atoms with Crippen LogP contribution >= 0.6 is 0 Å². The zero-order valence-electron chi connectivity index (χ0n) is 26.1. The van der Waals surface area contributed by atoms with E-state index in [0.717, 1.165) is 27.9 Å². The van der Waals surface area contributed by atoms with Crippen molar-refractivity contribution in [3.8, 4) is 22.4 Å². The molecule has 0 aliphatic heterocycles. The summed E-state index contributed by atoms with van der Waals surface area (Å²) in [6.45, 7) is 5.70. The maximum absolute atomic E-state index is 14.0. The van der Waals surface area contributed by atoms with Gasteiger partial charge in [-0.25, -0.2) is 0 Å². The van der Waals surface area contributed by atoms with Gasteiger partial charge in [0.15, 0.2) is 0 Å². The first-order valence-electron chi connectivity index (χ1n) is 15.1. The van der Waals surface area contributed by atoms with Crippen molar-refractivity contribution in [1.29, 1.82) is 0 Å². The van der Waals surface area contributed by atoms with Gasteiger partial charge in [0.05, 0.1) is 12.1 Å². The van der Waals surface area contributed by atoms with Crippen LogP contribution < -0.4 is 10.6 Å². The fraction of sp³-hybridized carbons (Fsp3) is 0.216. The fourth-order valence-electron chi connectivity index (χ4n) is 5.00. The Kier molecular flexibility index (Phi) is 10.0. The average Bonchev–Trinajstić information content (AvgIpc) is 3.56. The summed E-state index contributed by atoms with van der Waals surface area (Å²) in [6.07, 6.45) is 8.27. The van der Waals surface area contributed by atoms with E-state index in [1.165, 1.54) is 0 Å². The standard InChI is InChI=1S/C37H37N5O4/c1-37(2,3)34(36(45)40-30-16-20-38-21-17-30)41-35(44)32(23-33(43)46-25-26-9-5-4-6-10-26)42-22-18-29(24-42)27-12-14-28(15-13-27)31-11-7-8-19-39-31/h4-22,24,32,34H,23,25H2,1-3H3,(H,41,44)(H,38,40,45)/t32-,34-/m1/s1. The van der Waals surface area contributed by atoms with E-state index in [9.17, 15) is 14.4 Å². The number of carbonyl (C=O) groups excluding carboxylic acids is 3. The Morgan fingerprint density at radius 3 is 2.15 bits per heavy atom. The van der Waals surface area contributed by atoms with Gasteiger partial charge in [-0.15, -0.1) is 0 Å². The Morgan fingerprint density at radius 2 is 1.48 bits per heavy atom. The van der Waals surface area contributed by atoms with Crippen LogP contribution in [0.4, 0.5) is 5.69 Å². The summed E-state index contributed by atoms with van der Waals surface area (Å²) in [5.41, 5.74) is 4.43. The molecule has 46 heavy (non-hydrogen) atoms. The van der Waals surface area contributed by atoms with Crippen molar-refractivity contribution >= 4 is 23.5 Å². The molecule has 9 nitrogen and oxygen atoms in total. The van der Waals surface area contributed by atoms with Crippen LogP contribution in [0.25, 0.3) is 22.4 Å². The van der Waals surface area contributed by atoms with E-state index in [1.54, 1.807) is 41.5 Å². The largest absolute Gasteiger partial charge is 0.461 e. The molecule has 0 spiro atoms. The second kappa shape index (κ2) is 14.5. The molecule has 2 atom stereocenters. The van der Waals surface area contributed by atoms with Crippen LogP contribution in [0.3, 0.4) is 0 Å². The predicted octanol–water partition coefficient (Wildman–Crippen LogP) is 6.46. The minimum absolute atomic E-state index is 0.0898. The van der Waals surface area contributed by atoms with Gasteiger partial charge < -0.3 is 19.9 Å². The van der Waals surface area contributed by atoms with Crippen molar-refractivity contribution < 1.29 is 19.1 Å². The number of carbonyl (C=O) groups is 3. The highest BCUT2D eigenvalue weighted by Gasteiger charge is 2.36. The van der Waals surface area contributed by atoms with Crippen LogP contribution in [0.2, 0.25) is 0 Å². The summed E-state index contributed by atoms with van der Waals surface area (Å²) in [5, 5.41) is 5.78. The molecule has 0 bridgehead atoms. The van der Waals surface area contributed by atoms with Crippen molar-refractivity contribution in [3.05, 3.63) is 128 Å². The Bertz CT molecular complexity index is 1750. The molecule has 2 amide bonds. The lowest BCUT2D eigenvalue weighted by atomic mass is 9.85. The smallest absolute Gasteiger partial charge is 0.308 e. The van der Waals surface area contributed by atoms with Crippen molar-refractivity contribution in [2.75, 3.05) is 5.32 Å². The molecule has 234 valence electrons. The third-order valence-corrected chi connectivity index (χ3v) is 7.52. The second-order valence-corrected chi connectivity index (χ2v) is 12.0. The Hall–Kier alpha value is -5.57. The second-order valence-electron chi connectivity index (χ2n) is 12.0. The number of rotatable bonds is 11. The van der Waals surface area contributed by atoms with Gasteiger partial charge in [-0.05, 0) is 52.4 Å². The molecule has 0 aliphatic rings. The first kappa shape index (κ1) is 31.8. The highest BCUT2D eigenvalue weighted by atomic mass is 16.5. The van der Waals surface area contributed by atoms with Crippen LogP contribution in [-0.2, 0) is 25.7 Å². The molecule has 5 aromatic rings. The number of aromatic nitrogens is 3. The molecule has 0 fully saturated rings. The van der Waals surface area contributed by atoms with Gasteiger partial charge >= 0.3 is 5.97 Å². The molecule has 3 aromatic heterocycles. The predicted molar refractivity (Wildman–Crippen MR) is 177 cm³/mol. The van der Waals surface area contributed by atoms with Crippen LogP contribution in [-0.4, -0.2) is 38.4 Å². The molecule has 0 saturated carbocycles. The van der Waals surface area contributed by atoms with Gasteiger partial charge in [0.25, 0.3) is 0 Å². The number of hydrogen-bond donors (Lipinski definition) is 2. The molecule has 9 heteroatoms. The SMILES string of the molecule is CC(C)(C)[C@H](NC(=O)[C@@H](CC(=O)OCc1ccccc1)n1ccc(-c2ccc(-c3ccccn3)cc2)c1)C(=O)Nc1ccncc1. The monoisotopic (exact) mass is 615 g/mol. The summed E-state index contributed by atoms with van der Waals surface area (Å²) >= 11 is 0. The van der Waals surface area contributed by atoms with Crippen molar-refractivity contribution in [2.24, 2.45) is 5.41 Å². The van der Waals surface area contributed by atoms with E-state index in [-0.39, 0.29) is 18.9 Å². The zero-order chi connectivity index (χ0) is 32.5. The van der Waals surface area contributed by atoms with E-state index >= 15 is 0 Å². The zero-order valence-corrected chi connectivity index (χ0v) is 26.1.